The Kier molecular flexibility index (Phi) is 4.24. The largest absolute Gasteiger partial charge is 0.477 e. The lowest BCUT2D eigenvalue weighted by molar-refractivity contribution is 0.0632. The van der Waals surface area contributed by atoms with Gasteiger partial charge >= 0.3 is 5.97 Å². The Morgan fingerprint density at radius 3 is 2.63 bits per heavy atom. The van der Waals surface area contributed by atoms with Crippen molar-refractivity contribution in [3.63, 3.8) is 0 Å². The van der Waals surface area contributed by atoms with E-state index >= 15 is 0 Å². The molecular weight excluding hydrogens is 290 g/mol. The van der Waals surface area contributed by atoms with E-state index in [1.54, 1.807) is 0 Å². The number of hydrogen-bond acceptors (Lipinski definition) is 5. The molecule has 0 saturated carbocycles. The zero-order valence-electron chi connectivity index (χ0n) is 10.4. The highest BCUT2D eigenvalue weighted by Crippen LogP contribution is 2.25. The fraction of sp³-hybridized carbons (Fsp3) is 0.545. The van der Waals surface area contributed by atoms with Gasteiger partial charge in [0.1, 0.15) is 4.88 Å². The number of rotatable bonds is 4. The van der Waals surface area contributed by atoms with E-state index in [1.807, 2.05) is 0 Å². The molecule has 1 aromatic heterocycles. The van der Waals surface area contributed by atoms with Crippen molar-refractivity contribution in [2.45, 2.75) is 23.8 Å². The monoisotopic (exact) mass is 305 g/mol. The molecule has 1 aromatic rings. The summed E-state index contributed by atoms with van der Waals surface area (Å²) in [7, 11) is -2.10. The Bertz CT molecular complexity index is 559. The highest BCUT2D eigenvalue weighted by Gasteiger charge is 2.30. The normalized spacial score (nSPS) is 17.8. The number of carboxylic acids is 1. The second-order valence-electron chi connectivity index (χ2n) is 4.32. The molecule has 0 radical (unpaired) electrons. The average molecular weight is 305 g/mol. The van der Waals surface area contributed by atoms with Gasteiger partial charge in [-0.05, 0) is 18.9 Å². The summed E-state index contributed by atoms with van der Waals surface area (Å²) in [5, 5.41) is 10.2. The van der Waals surface area contributed by atoms with E-state index in [0.29, 0.717) is 26.1 Å². The first kappa shape index (κ1) is 14.4. The van der Waals surface area contributed by atoms with Gasteiger partial charge in [0, 0.05) is 31.7 Å². The van der Waals surface area contributed by atoms with E-state index in [1.165, 1.54) is 22.8 Å². The summed E-state index contributed by atoms with van der Waals surface area (Å²) >= 11 is 0.919. The van der Waals surface area contributed by atoms with E-state index in [0.717, 1.165) is 11.3 Å². The third-order valence-electron chi connectivity index (χ3n) is 3.17. The van der Waals surface area contributed by atoms with E-state index in [2.05, 4.69) is 0 Å². The van der Waals surface area contributed by atoms with Crippen LogP contribution in [0.3, 0.4) is 0 Å². The summed E-state index contributed by atoms with van der Waals surface area (Å²) < 4.78 is 31.3. The molecule has 2 heterocycles. The molecular formula is C11H15NO5S2. The van der Waals surface area contributed by atoms with E-state index < -0.39 is 16.0 Å². The molecule has 6 nitrogen and oxygen atoms in total. The zero-order chi connectivity index (χ0) is 14.0. The summed E-state index contributed by atoms with van der Waals surface area (Å²) in [6.45, 7) is 1.10. The second-order valence-corrected chi connectivity index (χ2v) is 7.23. The molecule has 1 saturated heterocycles. The van der Waals surface area contributed by atoms with Gasteiger partial charge in [0.25, 0.3) is 0 Å². The van der Waals surface area contributed by atoms with E-state index in [4.69, 9.17) is 9.84 Å². The lowest BCUT2D eigenvalue weighted by Crippen LogP contribution is -2.40. The number of carboxylic acid groups (broad SMARTS) is 1. The molecule has 19 heavy (non-hydrogen) atoms. The van der Waals surface area contributed by atoms with Crippen LogP contribution in [0.2, 0.25) is 0 Å². The molecule has 0 bridgehead atoms. The molecule has 1 fully saturated rings. The van der Waals surface area contributed by atoms with Crippen molar-refractivity contribution in [3.8, 4) is 0 Å². The van der Waals surface area contributed by atoms with Gasteiger partial charge in [-0.3, -0.25) is 0 Å². The molecule has 0 amide bonds. The fourth-order valence-corrected chi connectivity index (χ4v) is 4.49. The van der Waals surface area contributed by atoms with Crippen molar-refractivity contribution in [2.24, 2.45) is 0 Å². The first-order valence-corrected chi connectivity index (χ1v) is 8.12. The molecule has 0 atom stereocenters. The zero-order valence-corrected chi connectivity index (χ0v) is 12.0. The molecule has 1 aliphatic heterocycles. The summed E-state index contributed by atoms with van der Waals surface area (Å²) in [6.07, 6.45) is 1.32. The lowest BCUT2D eigenvalue weighted by Gasteiger charge is -2.30. The third kappa shape index (κ3) is 2.97. The number of ether oxygens (including phenoxy) is 1. The minimum absolute atomic E-state index is 0.0268. The summed E-state index contributed by atoms with van der Waals surface area (Å²) in [5.41, 5.74) is 0. The number of carbonyl (C=O) groups is 1. The first-order valence-electron chi connectivity index (χ1n) is 5.80. The molecule has 106 valence electrons. The number of thiophene rings is 1. The second kappa shape index (κ2) is 5.58. The number of aromatic carboxylic acids is 1. The van der Waals surface area contributed by atoms with Gasteiger partial charge in [0.15, 0.2) is 0 Å². The quantitative estimate of drug-likeness (QED) is 0.905. The maximum absolute atomic E-state index is 12.4. The third-order valence-corrected chi connectivity index (χ3v) is 6.12. The predicted octanol–water partition coefficient (Wildman–Crippen LogP) is 1.25. The Labute approximate surface area is 115 Å². The Morgan fingerprint density at radius 2 is 2.11 bits per heavy atom. The number of hydrogen-bond donors (Lipinski definition) is 1. The molecule has 0 aromatic carbocycles. The van der Waals surface area contributed by atoms with Crippen LogP contribution in [0.25, 0.3) is 0 Å². The minimum atomic E-state index is -3.63. The van der Waals surface area contributed by atoms with Crippen LogP contribution in [-0.4, -0.2) is 50.1 Å². The molecule has 2 rings (SSSR count). The van der Waals surface area contributed by atoms with Crippen molar-refractivity contribution >= 4 is 27.3 Å². The van der Waals surface area contributed by atoms with Gasteiger partial charge in [-0.2, -0.15) is 4.31 Å². The van der Waals surface area contributed by atoms with E-state index in [9.17, 15) is 13.2 Å². The summed E-state index contributed by atoms with van der Waals surface area (Å²) in [4.78, 5) is 10.9. The van der Waals surface area contributed by atoms with Crippen LogP contribution in [0, 0.1) is 0 Å². The molecule has 8 heteroatoms. The summed E-state index contributed by atoms with van der Waals surface area (Å²) in [6, 6.07) is 1.12. The maximum atomic E-state index is 12.4. The smallest absolute Gasteiger partial charge is 0.345 e. The van der Waals surface area contributed by atoms with E-state index in [-0.39, 0.29) is 15.8 Å². The van der Waals surface area contributed by atoms with Gasteiger partial charge in [-0.15, -0.1) is 11.3 Å². The topological polar surface area (TPSA) is 83.9 Å². The van der Waals surface area contributed by atoms with Crippen LogP contribution in [0.4, 0.5) is 0 Å². The van der Waals surface area contributed by atoms with Gasteiger partial charge in [0.2, 0.25) is 10.0 Å². The highest BCUT2D eigenvalue weighted by atomic mass is 32.2. The molecule has 1 N–H and O–H groups in total. The van der Waals surface area contributed by atoms with Gasteiger partial charge in [0.05, 0.1) is 4.90 Å². The van der Waals surface area contributed by atoms with Crippen molar-refractivity contribution < 1.29 is 23.1 Å². The van der Waals surface area contributed by atoms with Crippen molar-refractivity contribution in [3.05, 3.63) is 16.3 Å². The summed E-state index contributed by atoms with van der Waals surface area (Å²) in [5.74, 6) is -1.11. The van der Waals surface area contributed by atoms with Crippen LogP contribution in [0.15, 0.2) is 16.3 Å². The molecule has 0 spiro atoms. The van der Waals surface area contributed by atoms with Crippen LogP contribution < -0.4 is 0 Å². The number of nitrogens with zero attached hydrogens (tertiary/aromatic N) is 1. The highest BCUT2D eigenvalue weighted by molar-refractivity contribution is 7.89. The Hall–Kier alpha value is -0.960. The molecule has 1 aliphatic rings. The molecule has 0 aliphatic carbocycles. The van der Waals surface area contributed by atoms with Crippen molar-refractivity contribution in [1.82, 2.24) is 4.31 Å². The average Bonchev–Trinajstić information content (AvgIpc) is 2.89. The fourth-order valence-electron chi connectivity index (χ4n) is 1.98. The van der Waals surface area contributed by atoms with Crippen molar-refractivity contribution in [1.29, 1.82) is 0 Å². The van der Waals surface area contributed by atoms with Gasteiger partial charge in [-0.25, -0.2) is 13.2 Å². The van der Waals surface area contributed by atoms with Crippen LogP contribution in [0.5, 0.6) is 0 Å². The van der Waals surface area contributed by atoms with Crippen LogP contribution >= 0.6 is 11.3 Å². The lowest BCUT2D eigenvalue weighted by atomic mass is 10.1. The minimum Gasteiger partial charge on any atom is -0.477 e. The Morgan fingerprint density at radius 1 is 1.47 bits per heavy atom. The maximum Gasteiger partial charge on any atom is 0.345 e. The SMILES string of the molecule is CN(C1CCOCC1)S(=O)(=O)c1csc(C(=O)O)c1. The van der Waals surface area contributed by atoms with Gasteiger partial charge in [-0.1, -0.05) is 0 Å². The standard InChI is InChI=1S/C11H15NO5S2/c1-12(8-2-4-17-5-3-8)19(15,16)9-6-10(11(13)14)18-7-9/h6-8H,2-5H2,1H3,(H,13,14). The predicted molar refractivity (Wildman–Crippen MR) is 70.1 cm³/mol. The van der Waals surface area contributed by atoms with Crippen LogP contribution in [-0.2, 0) is 14.8 Å². The van der Waals surface area contributed by atoms with Crippen molar-refractivity contribution in [2.75, 3.05) is 20.3 Å². The van der Waals surface area contributed by atoms with Gasteiger partial charge < -0.3 is 9.84 Å². The molecule has 0 unspecified atom stereocenters. The Balaban J connectivity index is 2.22. The van der Waals surface area contributed by atoms with Crippen LogP contribution in [0.1, 0.15) is 22.5 Å². The first-order chi connectivity index (χ1) is 8.93. The number of sulfonamides is 1.